The van der Waals surface area contributed by atoms with Crippen LogP contribution in [0.3, 0.4) is 0 Å². The number of nitrogens with one attached hydrogen (secondary N) is 2. The topological polar surface area (TPSA) is 120 Å². The van der Waals surface area contributed by atoms with E-state index in [2.05, 4.69) is 16.3 Å². The minimum absolute atomic E-state index is 0.0525. The van der Waals surface area contributed by atoms with Crippen LogP contribution in [-0.2, 0) is 14.4 Å². The fraction of sp³-hybridized carbons (Fsp3) is 0.435. The molecule has 190 valence electrons. The lowest BCUT2D eigenvalue weighted by atomic mass is 9.80. The quantitative estimate of drug-likeness (QED) is 0.584. The van der Waals surface area contributed by atoms with E-state index in [1.165, 1.54) is 28.5 Å². The first kappa shape index (κ1) is 26.8. The number of terminal acetylenes is 1. The molecule has 3 amide bonds. The molecule has 1 aliphatic heterocycles. The van der Waals surface area contributed by atoms with Crippen molar-refractivity contribution in [1.82, 2.24) is 25.1 Å². The number of rotatable bonds is 5. The number of likely N-dealkylation sites (tertiary alicyclic amines) is 1. The summed E-state index contributed by atoms with van der Waals surface area (Å²) in [7, 11) is 0. The monoisotopic (exact) mass is 522 g/mol. The van der Waals surface area contributed by atoms with Gasteiger partial charge in [0.2, 0.25) is 11.8 Å². The molecule has 0 spiro atoms. The molecule has 13 heteroatoms. The summed E-state index contributed by atoms with van der Waals surface area (Å²) in [6.45, 7) is 4.43. The average molecular weight is 523 g/mol. The first-order chi connectivity index (χ1) is 16.7. The second-order valence-electron chi connectivity index (χ2n) is 9.10. The molecule has 9 nitrogen and oxygen atoms in total. The van der Waals surface area contributed by atoms with E-state index in [9.17, 15) is 32.8 Å². The van der Waals surface area contributed by atoms with E-state index in [0.29, 0.717) is 15.9 Å². The Hall–Kier alpha value is -3.77. The highest BCUT2D eigenvalue weighted by atomic mass is 35.5. The van der Waals surface area contributed by atoms with Crippen molar-refractivity contribution in [2.45, 2.75) is 39.0 Å². The van der Waals surface area contributed by atoms with Gasteiger partial charge in [-0.25, -0.2) is 0 Å². The van der Waals surface area contributed by atoms with Crippen LogP contribution >= 0.6 is 11.6 Å². The highest BCUT2D eigenvalue weighted by molar-refractivity contribution is 6.35. The molecule has 0 saturated carbocycles. The molecule has 2 aromatic rings. The van der Waals surface area contributed by atoms with Crippen LogP contribution < -0.4 is 10.6 Å². The molecule has 0 bridgehead atoms. The summed E-state index contributed by atoms with van der Waals surface area (Å²) in [6, 6.07) is 2.04. The summed E-state index contributed by atoms with van der Waals surface area (Å²) in [5.41, 5.74) is 0.0848. The summed E-state index contributed by atoms with van der Waals surface area (Å²) in [4.78, 5) is 42.5. The van der Waals surface area contributed by atoms with Crippen molar-refractivity contribution in [3.63, 3.8) is 0 Å². The van der Waals surface area contributed by atoms with Crippen LogP contribution in [0.1, 0.15) is 32.4 Å². The summed E-state index contributed by atoms with van der Waals surface area (Å²) in [5, 5.41) is 14.7. The van der Waals surface area contributed by atoms with Gasteiger partial charge in [0.25, 0.3) is 0 Å². The number of hydrogen-bond acceptors (Lipinski definition) is 5. The van der Waals surface area contributed by atoms with Crippen molar-refractivity contribution in [2.75, 3.05) is 13.1 Å². The molecule has 3 rings (SSSR count). The van der Waals surface area contributed by atoms with Gasteiger partial charge in [0.1, 0.15) is 12.1 Å². The summed E-state index contributed by atoms with van der Waals surface area (Å²) in [6.07, 6.45) is 4.67. The highest BCUT2D eigenvalue weighted by Gasteiger charge is 2.50. The van der Waals surface area contributed by atoms with Crippen LogP contribution in [0.15, 0.2) is 18.6 Å². The van der Waals surface area contributed by atoms with Gasteiger partial charge in [0.15, 0.2) is 0 Å². The Balaban J connectivity index is 1.89. The van der Waals surface area contributed by atoms with Gasteiger partial charge in [-0.15, -0.1) is 0 Å². The average Bonchev–Trinajstić information content (AvgIpc) is 3.27. The number of amides is 3. The predicted octanol–water partition coefficient (Wildman–Crippen LogP) is 2.36. The van der Waals surface area contributed by atoms with E-state index >= 15 is 0 Å². The van der Waals surface area contributed by atoms with E-state index in [1.54, 1.807) is 20.8 Å². The Morgan fingerprint density at radius 2 is 2.03 bits per heavy atom. The number of nitriles is 1. The number of nitrogens with zero attached hydrogens (tertiary/aromatic N) is 4. The maximum Gasteiger partial charge on any atom is 0.471 e. The number of carbonyl (C=O) groups is 3. The second-order valence-corrected chi connectivity index (χ2v) is 9.50. The third kappa shape index (κ3) is 4.95. The van der Waals surface area contributed by atoms with Gasteiger partial charge in [-0.1, -0.05) is 38.8 Å². The maximum atomic E-state index is 13.4. The zero-order valence-corrected chi connectivity index (χ0v) is 20.2. The van der Waals surface area contributed by atoms with Gasteiger partial charge in [-0.05, 0) is 11.3 Å². The fourth-order valence-corrected chi connectivity index (χ4v) is 4.47. The Labute approximate surface area is 209 Å². The van der Waals surface area contributed by atoms with Crippen molar-refractivity contribution in [3.05, 3.63) is 29.2 Å². The van der Waals surface area contributed by atoms with Crippen LogP contribution in [0.25, 0.3) is 10.9 Å². The second kappa shape index (κ2) is 9.70. The minimum Gasteiger partial charge on any atom is -0.339 e. The molecule has 3 heterocycles. The largest absolute Gasteiger partial charge is 0.471 e. The molecular formula is C23H22ClF3N6O3. The van der Waals surface area contributed by atoms with Crippen LogP contribution in [0.4, 0.5) is 13.2 Å². The number of pyridine rings is 1. The molecule has 0 radical (unpaired) electrons. The molecule has 1 unspecified atom stereocenters. The first-order valence-corrected chi connectivity index (χ1v) is 11.1. The van der Waals surface area contributed by atoms with Crippen molar-refractivity contribution < 1.29 is 27.6 Å². The standard InChI is InChI=1S/C23H22ClF3N6O3/c1-5-32-10-15(24)13-7-29-8-14(19(13)32)16(6-28)31-20(35)18-12(2)22(3,4)11-33(18)17(34)9-30-21(36)23(25,26)27/h1,7-8,10,12,16,18H,9,11H2,2-4H3,(H,30,36)(H,31,35)/t12-,16?,18-/m0/s1. The Morgan fingerprint density at radius 3 is 2.61 bits per heavy atom. The summed E-state index contributed by atoms with van der Waals surface area (Å²) in [5.74, 6) is -4.26. The van der Waals surface area contributed by atoms with Crippen LogP contribution in [0.2, 0.25) is 5.02 Å². The smallest absolute Gasteiger partial charge is 0.339 e. The molecule has 1 saturated heterocycles. The number of carbonyl (C=O) groups excluding carboxylic acids is 3. The number of aromatic nitrogens is 2. The number of hydrogen-bond donors (Lipinski definition) is 2. The Bertz CT molecular complexity index is 1310. The minimum atomic E-state index is -5.15. The summed E-state index contributed by atoms with van der Waals surface area (Å²) < 4.78 is 38.9. The van der Waals surface area contributed by atoms with Crippen LogP contribution in [0.5, 0.6) is 0 Å². The molecule has 0 aromatic carbocycles. The molecule has 0 aliphatic carbocycles. The van der Waals surface area contributed by atoms with Gasteiger partial charge in [-0.2, -0.15) is 18.4 Å². The lowest BCUT2D eigenvalue weighted by Crippen LogP contribution is -2.52. The third-order valence-corrected chi connectivity index (χ3v) is 6.72. The van der Waals surface area contributed by atoms with Gasteiger partial charge in [0.05, 0.1) is 23.2 Å². The van der Waals surface area contributed by atoms with Crippen LogP contribution in [0, 0.1) is 35.1 Å². The summed E-state index contributed by atoms with van der Waals surface area (Å²) >= 11 is 6.20. The highest BCUT2D eigenvalue weighted by Crippen LogP contribution is 2.40. The van der Waals surface area contributed by atoms with Gasteiger partial charge < -0.3 is 15.5 Å². The molecule has 1 aliphatic rings. The number of alkyl halides is 3. The fourth-order valence-electron chi connectivity index (χ4n) is 4.23. The molecule has 3 atom stereocenters. The van der Waals surface area contributed by atoms with Gasteiger partial charge >= 0.3 is 12.1 Å². The molecule has 2 N–H and O–H groups in total. The van der Waals surface area contributed by atoms with Gasteiger partial charge in [0, 0.05) is 42.1 Å². The van der Waals surface area contributed by atoms with E-state index in [0.717, 1.165) is 4.90 Å². The van der Waals surface area contributed by atoms with Crippen molar-refractivity contribution in [3.8, 4) is 18.5 Å². The third-order valence-electron chi connectivity index (χ3n) is 6.42. The molecule has 1 fully saturated rings. The normalized spacial score (nSPS) is 19.9. The van der Waals surface area contributed by atoms with Gasteiger partial charge in [-0.3, -0.25) is 23.9 Å². The predicted molar refractivity (Wildman–Crippen MR) is 123 cm³/mol. The number of halogens is 4. The zero-order chi connectivity index (χ0) is 27.0. The van der Waals surface area contributed by atoms with Crippen molar-refractivity contribution in [1.29, 1.82) is 5.26 Å². The Morgan fingerprint density at radius 1 is 1.36 bits per heavy atom. The van der Waals surface area contributed by atoms with E-state index in [4.69, 9.17) is 18.0 Å². The van der Waals surface area contributed by atoms with Crippen molar-refractivity contribution >= 4 is 40.2 Å². The number of fused-ring (bicyclic) bond motifs is 1. The van der Waals surface area contributed by atoms with Crippen molar-refractivity contribution in [2.24, 2.45) is 11.3 Å². The van der Waals surface area contributed by atoms with E-state index < -0.39 is 53.9 Å². The Kier molecular flexibility index (Phi) is 7.23. The lowest BCUT2D eigenvalue weighted by Gasteiger charge is -2.28. The lowest BCUT2D eigenvalue weighted by molar-refractivity contribution is -0.174. The van der Waals surface area contributed by atoms with Crippen LogP contribution in [-0.4, -0.2) is 57.5 Å². The van der Waals surface area contributed by atoms with E-state index in [-0.39, 0.29) is 12.1 Å². The SMILES string of the molecule is C#Cn1cc(Cl)c2cncc(C(C#N)NC(=O)[C@@H]3[C@H](C)C(C)(C)CN3C(=O)CNC(=O)C(F)(F)F)c21. The molecule has 36 heavy (non-hydrogen) atoms. The zero-order valence-electron chi connectivity index (χ0n) is 19.5. The molecular weight excluding hydrogens is 501 g/mol. The van der Waals surface area contributed by atoms with E-state index in [1.807, 2.05) is 6.07 Å². The first-order valence-electron chi connectivity index (χ1n) is 10.7. The molecule has 2 aromatic heterocycles. The maximum absolute atomic E-state index is 13.4.